The van der Waals surface area contributed by atoms with E-state index in [4.69, 9.17) is 22.1 Å². The van der Waals surface area contributed by atoms with Crippen LogP contribution >= 0.6 is 0 Å². The van der Waals surface area contributed by atoms with Crippen LogP contribution in [0.5, 0.6) is 0 Å². The van der Waals surface area contributed by atoms with Crippen molar-refractivity contribution in [1.29, 1.82) is 10.5 Å². The van der Waals surface area contributed by atoms with Crippen molar-refractivity contribution >= 4 is 17.3 Å². The van der Waals surface area contributed by atoms with Gasteiger partial charge in [0.15, 0.2) is 11.6 Å². The summed E-state index contributed by atoms with van der Waals surface area (Å²) in [6, 6.07) is 3.85. The standard InChI is InChI=1S/C8H10N8/c9-1-3-16(4-2-10)8-6(11)7(15-12)13-5-14-8/h5H,3-4,11-12H2,(H,13,14,15). The Morgan fingerprint density at radius 1 is 1.31 bits per heavy atom. The lowest BCUT2D eigenvalue weighted by Crippen LogP contribution is -2.26. The SMILES string of the molecule is N#CCN(CC#N)c1ncnc(NN)c1N. The molecule has 16 heavy (non-hydrogen) atoms. The lowest BCUT2D eigenvalue weighted by molar-refractivity contribution is 0.928. The Kier molecular flexibility index (Phi) is 3.83. The lowest BCUT2D eigenvalue weighted by Gasteiger charge is -2.19. The van der Waals surface area contributed by atoms with Gasteiger partial charge in [0, 0.05) is 0 Å². The van der Waals surface area contributed by atoms with Crippen LogP contribution in [0.15, 0.2) is 6.33 Å². The Morgan fingerprint density at radius 3 is 2.44 bits per heavy atom. The van der Waals surface area contributed by atoms with Crippen molar-refractivity contribution in [3.05, 3.63) is 6.33 Å². The number of nitrogens with one attached hydrogen (secondary N) is 1. The first-order valence-electron chi connectivity index (χ1n) is 4.30. The summed E-state index contributed by atoms with van der Waals surface area (Å²) < 4.78 is 0. The van der Waals surface area contributed by atoms with Gasteiger partial charge in [0.1, 0.15) is 25.1 Å². The highest BCUT2D eigenvalue weighted by Crippen LogP contribution is 2.24. The summed E-state index contributed by atoms with van der Waals surface area (Å²) in [5.41, 5.74) is 8.24. The molecule has 82 valence electrons. The lowest BCUT2D eigenvalue weighted by atomic mass is 10.4. The number of nitrogen functional groups attached to an aromatic ring is 2. The van der Waals surface area contributed by atoms with Crippen LogP contribution < -0.4 is 21.9 Å². The fourth-order valence-electron chi connectivity index (χ4n) is 1.13. The molecule has 0 fully saturated rings. The highest BCUT2D eigenvalue weighted by molar-refractivity contribution is 5.74. The van der Waals surface area contributed by atoms with Gasteiger partial charge in [-0.05, 0) is 0 Å². The van der Waals surface area contributed by atoms with E-state index in [2.05, 4.69) is 15.4 Å². The number of nitriles is 2. The molecule has 8 heteroatoms. The van der Waals surface area contributed by atoms with E-state index in [0.717, 1.165) is 0 Å². The second-order valence-electron chi connectivity index (χ2n) is 2.78. The number of hydrogen-bond acceptors (Lipinski definition) is 8. The molecule has 0 aliphatic carbocycles. The number of aromatic nitrogens is 2. The summed E-state index contributed by atoms with van der Waals surface area (Å²) in [6.45, 7) is 0.0254. The topological polar surface area (TPSA) is 141 Å². The normalized spacial score (nSPS) is 8.94. The summed E-state index contributed by atoms with van der Waals surface area (Å²) in [5, 5.41) is 17.2. The summed E-state index contributed by atoms with van der Waals surface area (Å²) in [4.78, 5) is 9.14. The fraction of sp³-hybridized carbons (Fsp3) is 0.250. The van der Waals surface area contributed by atoms with Crippen molar-refractivity contribution in [2.75, 3.05) is 29.1 Å². The highest BCUT2D eigenvalue weighted by atomic mass is 15.3. The van der Waals surface area contributed by atoms with Gasteiger partial charge in [-0.3, -0.25) is 0 Å². The Bertz CT molecular complexity index is 426. The second kappa shape index (κ2) is 5.34. The zero-order chi connectivity index (χ0) is 12.0. The first-order chi connectivity index (χ1) is 7.74. The second-order valence-corrected chi connectivity index (χ2v) is 2.78. The number of rotatable bonds is 4. The van der Waals surface area contributed by atoms with E-state index < -0.39 is 0 Å². The van der Waals surface area contributed by atoms with Gasteiger partial charge in [-0.2, -0.15) is 10.5 Å². The number of anilines is 3. The van der Waals surface area contributed by atoms with Crippen molar-refractivity contribution in [3.8, 4) is 12.1 Å². The Morgan fingerprint density at radius 2 is 1.94 bits per heavy atom. The minimum Gasteiger partial charge on any atom is -0.393 e. The molecule has 0 saturated carbocycles. The maximum atomic E-state index is 8.62. The van der Waals surface area contributed by atoms with Crippen LogP contribution in [0, 0.1) is 22.7 Å². The van der Waals surface area contributed by atoms with Gasteiger partial charge in [0.2, 0.25) is 0 Å². The maximum absolute atomic E-state index is 8.62. The number of nitrogens with two attached hydrogens (primary N) is 2. The van der Waals surface area contributed by atoms with Crippen LogP contribution in [0.3, 0.4) is 0 Å². The van der Waals surface area contributed by atoms with Crippen molar-refractivity contribution in [1.82, 2.24) is 9.97 Å². The monoisotopic (exact) mass is 218 g/mol. The number of hydrazine groups is 1. The van der Waals surface area contributed by atoms with E-state index >= 15 is 0 Å². The van der Waals surface area contributed by atoms with Crippen LogP contribution in [-0.4, -0.2) is 23.1 Å². The Hall–Kier alpha value is -2.58. The molecule has 1 heterocycles. The van der Waals surface area contributed by atoms with Crippen molar-refractivity contribution in [2.24, 2.45) is 5.84 Å². The Balaban J connectivity index is 3.10. The third-order valence-corrected chi connectivity index (χ3v) is 1.82. The molecule has 1 aromatic rings. The molecule has 0 bridgehead atoms. The van der Waals surface area contributed by atoms with Crippen LogP contribution in [0.1, 0.15) is 0 Å². The van der Waals surface area contributed by atoms with Gasteiger partial charge in [0.05, 0.1) is 12.1 Å². The smallest absolute Gasteiger partial charge is 0.168 e. The van der Waals surface area contributed by atoms with Gasteiger partial charge < -0.3 is 16.1 Å². The zero-order valence-electron chi connectivity index (χ0n) is 8.38. The van der Waals surface area contributed by atoms with Gasteiger partial charge >= 0.3 is 0 Å². The third kappa shape index (κ3) is 2.26. The minimum atomic E-state index is 0.0127. The molecule has 0 spiro atoms. The van der Waals surface area contributed by atoms with Crippen molar-refractivity contribution in [3.63, 3.8) is 0 Å². The van der Waals surface area contributed by atoms with E-state index in [1.54, 1.807) is 0 Å². The summed E-state index contributed by atoms with van der Waals surface area (Å²) in [7, 11) is 0. The maximum Gasteiger partial charge on any atom is 0.168 e. The Labute approximate surface area is 92.1 Å². The van der Waals surface area contributed by atoms with E-state index in [1.807, 2.05) is 12.1 Å². The van der Waals surface area contributed by atoms with Crippen LogP contribution in [-0.2, 0) is 0 Å². The van der Waals surface area contributed by atoms with E-state index in [0.29, 0.717) is 5.82 Å². The quantitative estimate of drug-likeness (QED) is 0.338. The number of nitrogens with zero attached hydrogens (tertiary/aromatic N) is 5. The molecule has 0 aliphatic heterocycles. The highest BCUT2D eigenvalue weighted by Gasteiger charge is 2.13. The molecule has 1 rings (SSSR count). The average molecular weight is 218 g/mol. The summed E-state index contributed by atoms with van der Waals surface area (Å²) >= 11 is 0. The summed E-state index contributed by atoms with van der Waals surface area (Å²) in [6.07, 6.45) is 1.25. The predicted octanol–water partition coefficient (Wildman–Crippen LogP) is -0.802. The zero-order valence-corrected chi connectivity index (χ0v) is 8.38. The van der Waals surface area contributed by atoms with Crippen LogP contribution in [0.25, 0.3) is 0 Å². The molecule has 5 N–H and O–H groups in total. The molecule has 0 amide bonds. The molecule has 0 atom stereocenters. The van der Waals surface area contributed by atoms with Crippen LogP contribution in [0.4, 0.5) is 17.3 Å². The van der Waals surface area contributed by atoms with Gasteiger partial charge in [-0.25, -0.2) is 15.8 Å². The number of hydrogen-bond donors (Lipinski definition) is 3. The van der Waals surface area contributed by atoms with Gasteiger partial charge in [0.25, 0.3) is 0 Å². The third-order valence-electron chi connectivity index (χ3n) is 1.82. The van der Waals surface area contributed by atoms with E-state index in [1.165, 1.54) is 11.2 Å². The van der Waals surface area contributed by atoms with E-state index in [9.17, 15) is 0 Å². The molecule has 0 unspecified atom stereocenters. The molecular weight excluding hydrogens is 208 g/mol. The summed E-state index contributed by atoms with van der Waals surface area (Å²) in [5.74, 6) is 5.77. The van der Waals surface area contributed by atoms with Crippen molar-refractivity contribution in [2.45, 2.75) is 0 Å². The van der Waals surface area contributed by atoms with Crippen molar-refractivity contribution < 1.29 is 0 Å². The largest absolute Gasteiger partial charge is 0.393 e. The molecule has 0 radical (unpaired) electrons. The minimum absolute atomic E-state index is 0.0127. The molecule has 0 aliphatic rings. The predicted molar refractivity (Wildman–Crippen MR) is 57.7 cm³/mol. The average Bonchev–Trinajstić information content (AvgIpc) is 2.29. The van der Waals surface area contributed by atoms with Gasteiger partial charge in [-0.1, -0.05) is 0 Å². The molecule has 8 nitrogen and oxygen atoms in total. The first-order valence-corrected chi connectivity index (χ1v) is 4.30. The van der Waals surface area contributed by atoms with E-state index in [-0.39, 0.29) is 24.6 Å². The van der Waals surface area contributed by atoms with Gasteiger partial charge in [-0.15, -0.1) is 0 Å². The van der Waals surface area contributed by atoms with Crippen LogP contribution in [0.2, 0.25) is 0 Å². The molecule has 0 aromatic carbocycles. The first kappa shape index (κ1) is 11.5. The fourth-order valence-corrected chi connectivity index (χ4v) is 1.13. The molecular formula is C8H10N8. The molecule has 1 aromatic heterocycles. The molecule has 0 saturated heterocycles.